The molecule has 0 saturated heterocycles. The number of hydrogen-bond donors (Lipinski definition) is 2. The Labute approximate surface area is 129 Å². The summed E-state index contributed by atoms with van der Waals surface area (Å²) in [6, 6.07) is 4.15. The van der Waals surface area contributed by atoms with Crippen molar-refractivity contribution in [3.8, 4) is 0 Å². The lowest BCUT2D eigenvalue weighted by Gasteiger charge is -2.09. The fraction of sp³-hybridized carbons (Fsp3) is 0.333. The molecule has 0 fully saturated rings. The van der Waals surface area contributed by atoms with Crippen molar-refractivity contribution in [1.82, 2.24) is 15.6 Å². The van der Waals surface area contributed by atoms with Crippen LogP contribution in [0.1, 0.15) is 15.6 Å². The number of nitrogens with zero attached hydrogens (tertiary/aromatic N) is 2. The number of thiophene rings is 1. The largest absolute Gasteiger partial charge is 0.352 e. The van der Waals surface area contributed by atoms with E-state index >= 15 is 0 Å². The average Bonchev–Trinajstić information content (AvgIpc) is 2.99. The molecule has 2 rings (SSSR count). The molecule has 7 heteroatoms. The predicted octanol–water partition coefficient (Wildman–Crippen LogP) is 3.14. The molecule has 0 atom stereocenters. The molecule has 0 aliphatic heterocycles. The first kappa shape index (κ1) is 14.5. The van der Waals surface area contributed by atoms with Gasteiger partial charge in [-0.25, -0.2) is 4.98 Å². The predicted molar refractivity (Wildman–Crippen MR) is 85.9 cm³/mol. The molecule has 0 spiro atoms. The van der Waals surface area contributed by atoms with Crippen LogP contribution in [-0.2, 0) is 13.1 Å². The second-order valence-corrected chi connectivity index (χ2v) is 7.36. The molecule has 0 unspecified atom stereocenters. The molecule has 0 saturated carbocycles. The third-order valence-corrected chi connectivity index (χ3v) is 4.95. The summed E-state index contributed by atoms with van der Waals surface area (Å²) in [5.74, 6) is 0.789. The molecule has 2 heterocycles. The summed E-state index contributed by atoms with van der Waals surface area (Å²) in [5, 5.41) is 9.66. The second kappa shape index (κ2) is 7.02. The van der Waals surface area contributed by atoms with Crippen molar-refractivity contribution in [1.29, 1.82) is 0 Å². The van der Waals surface area contributed by atoms with Gasteiger partial charge in [-0.1, -0.05) is 0 Å². The maximum atomic E-state index is 4.41. The van der Waals surface area contributed by atoms with E-state index in [9.17, 15) is 0 Å². The first-order valence-corrected chi connectivity index (χ1v) is 8.26. The Hall–Kier alpha value is -0.920. The SMILES string of the molecule is CN=C(NCc1ccc(Br)s1)NCc1nc(C)cs1. The van der Waals surface area contributed by atoms with Gasteiger partial charge < -0.3 is 10.6 Å². The molecule has 2 N–H and O–H groups in total. The average molecular weight is 359 g/mol. The van der Waals surface area contributed by atoms with E-state index in [4.69, 9.17) is 0 Å². The van der Waals surface area contributed by atoms with Crippen LogP contribution in [-0.4, -0.2) is 18.0 Å². The fourth-order valence-corrected chi connectivity index (χ4v) is 3.62. The van der Waals surface area contributed by atoms with E-state index in [2.05, 4.69) is 54.1 Å². The normalized spacial score (nSPS) is 11.6. The molecule has 0 aliphatic carbocycles. The molecule has 0 bridgehead atoms. The van der Waals surface area contributed by atoms with Crippen LogP contribution in [0.25, 0.3) is 0 Å². The van der Waals surface area contributed by atoms with Crippen molar-refractivity contribution in [3.05, 3.63) is 36.9 Å². The molecule has 102 valence electrons. The molecular weight excluding hydrogens is 344 g/mol. The first-order chi connectivity index (χ1) is 9.17. The Balaban J connectivity index is 1.80. The highest BCUT2D eigenvalue weighted by molar-refractivity contribution is 9.11. The lowest BCUT2D eigenvalue weighted by atomic mass is 10.5. The molecule has 19 heavy (non-hydrogen) atoms. The van der Waals surface area contributed by atoms with Crippen molar-refractivity contribution < 1.29 is 0 Å². The van der Waals surface area contributed by atoms with Gasteiger partial charge in [0.1, 0.15) is 5.01 Å². The molecule has 0 aromatic carbocycles. The van der Waals surface area contributed by atoms with Gasteiger partial charge >= 0.3 is 0 Å². The van der Waals surface area contributed by atoms with E-state index in [1.165, 1.54) is 4.88 Å². The van der Waals surface area contributed by atoms with Crippen LogP contribution in [0.4, 0.5) is 0 Å². The van der Waals surface area contributed by atoms with Crippen molar-refractivity contribution in [2.75, 3.05) is 7.05 Å². The van der Waals surface area contributed by atoms with E-state index in [1.807, 2.05) is 6.92 Å². The second-order valence-electron chi connectivity index (χ2n) is 3.87. The van der Waals surface area contributed by atoms with Gasteiger partial charge in [-0.05, 0) is 35.0 Å². The van der Waals surface area contributed by atoms with Crippen LogP contribution in [0, 0.1) is 6.92 Å². The van der Waals surface area contributed by atoms with Crippen LogP contribution < -0.4 is 10.6 Å². The summed E-state index contributed by atoms with van der Waals surface area (Å²) in [5.41, 5.74) is 1.06. The minimum Gasteiger partial charge on any atom is -0.352 e. The van der Waals surface area contributed by atoms with Gasteiger partial charge in [0.15, 0.2) is 5.96 Å². The Bertz CT molecular complexity index is 515. The highest BCUT2D eigenvalue weighted by atomic mass is 79.9. The zero-order valence-electron chi connectivity index (χ0n) is 10.7. The highest BCUT2D eigenvalue weighted by Crippen LogP contribution is 2.21. The van der Waals surface area contributed by atoms with Gasteiger partial charge in [0.25, 0.3) is 0 Å². The number of guanidine groups is 1. The Kier molecular flexibility index (Phi) is 5.35. The molecule has 4 nitrogen and oxygen atoms in total. The summed E-state index contributed by atoms with van der Waals surface area (Å²) in [6.45, 7) is 3.47. The van der Waals surface area contributed by atoms with Crippen LogP contribution >= 0.6 is 38.6 Å². The lowest BCUT2D eigenvalue weighted by molar-refractivity contribution is 0.809. The van der Waals surface area contributed by atoms with E-state index < -0.39 is 0 Å². The summed E-state index contributed by atoms with van der Waals surface area (Å²) in [6.07, 6.45) is 0. The van der Waals surface area contributed by atoms with Gasteiger partial charge in [-0.2, -0.15) is 0 Å². The van der Waals surface area contributed by atoms with Crippen LogP contribution in [0.2, 0.25) is 0 Å². The van der Waals surface area contributed by atoms with Gasteiger partial charge in [0.05, 0.1) is 16.9 Å². The molecule has 0 aliphatic rings. The number of thiazole rings is 1. The number of aryl methyl sites for hydroxylation is 1. The Morgan fingerprint density at radius 2 is 2.16 bits per heavy atom. The molecule has 2 aromatic heterocycles. The zero-order chi connectivity index (χ0) is 13.7. The van der Waals surface area contributed by atoms with Gasteiger partial charge in [0, 0.05) is 23.0 Å². The van der Waals surface area contributed by atoms with Gasteiger partial charge in [0.2, 0.25) is 0 Å². The van der Waals surface area contributed by atoms with Gasteiger partial charge in [-0.3, -0.25) is 4.99 Å². The lowest BCUT2D eigenvalue weighted by Crippen LogP contribution is -2.36. The third kappa shape index (κ3) is 4.59. The summed E-state index contributed by atoms with van der Waals surface area (Å²) < 4.78 is 1.14. The summed E-state index contributed by atoms with van der Waals surface area (Å²) >= 11 is 6.84. The molecular formula is C12H15BrN4S2. The zero-order valence-corrected chi connectivity index (χ0v) is 14.0. The maximum Gasteiger partial charge on any atom is 0.191 e. The number of nitrogens with one attached hydrogen (secondary N) is 2. The Morgan fingerprint density at radius 1 is 1.37 bits per heavy atom. The van der Waals surface area contributed by atoms with Crippen molar-refractivity contribution in [2.45, 2.75) is 20.0 Å². The number of rotatable bonds is 4. The van der Waals surface area contributed by atoms with Crippen molar-refractivity contribution >= 4 is 44.6 Å². The Morgan fingerprint density at radius 3 is 2.74 bits per heavy atom. The molecule has 2 aromatic rings. The van der Waals surface area contributed by atoms with Gasteiger partial charge in [-0.15, -0.1) is 22.7 Å². The quantitative estimate of drug-likeness (QED) is 0.651. The first-order valence-electron chi connectivity index (χ1n) is 5.77. The maximum absolute atomic E-state index is 4.41. The number of aromatic nitrogens is 1. The minimum absolute atomic E-state index is 0.701. The van der Waals surface area contributed by atoms with Crippen LogP contribution in [0.5, 0.6) is 0 Å². The standard InChI is InChI=1S/C12H15BrN4S2/c1-8-7-18-11(17-8)6-16-12(14-2)15-5-9-3-4-10(13)19-9/h3-4,7H,5-6H2,1-2H3,(H2,14,15,16). The number of halogens is 1. The molecule has 0 radical (unpaired) electrons. The molecule has 0 amide bonds. The monoisotopic (exact) mass is 358 g/mol. The number of hydrogen-bond acceptors (Lipinski definition) is 4. The van der Waals surface area contributed by atoms with Crippen LogP contribution in [0.15, 0.2) is 26.3 Å². The number of aliphatic imine (C=N–C) groups is 1. The van der Waals surface area contributed by atoms with E-state index in [-0.39, 0.29) is 0 Å². The smallest absolute Gasteiger partial charge is 0.191 e. The van der Waals surface area contributed by atoms with Crippen molar-refractivity contribution in [3.63, 3.8) is 0 Å². The summed E-state index contributed by atoms with van der Waals surface area (Å²) in [7, 11) is 1.77. The van der Waals surface area contributed by atoms with E-state index in [0.29, 0.717) is 6.54 Å². The van der Waals surface area contributed by atoms with E-state index in [0.717, 1.165) is 27.0 Å². The third-order valence-electron chi connectivity index (χ3n) is 2.36. The highest BCUT2D eigenvalue weighted by Gasteiger charge is 2.02. The fourth-order valence-electron chi connectivity index (χ4n) is 1.48. The summed E-state index contributed by atoms with van der Waals surface area (Å²) in [4.78, 5) is 9.87. The van der Waals surface area contributed by atoms with Crippen molar-refractivity contribution in [2.24, 2.45) is 4.99 Å². The minimum atomic E-state index is 0.701. The van der Waals surface area contributed by atoms with E-state index in [1.54, 1.807) is 29.7 Å². The van der Waals surface area contributed by atoms with Crippen LogP contribution in [0.3, 0.4) is 0 Å². The topological polar surface area (TPSA) is 49.3 Å².